The number of aryl methyl sites for hydroxylation is 2. The first-order valence-electron chi connectivity index (χ1n) is 4.85. The van der Waals surface area contributed by atoms with Gasteiger partial charge in [0.15, 0.2) is 0 Å². The van der Waals surface area contributed by atoms with E-state index in [4.69, 9.17) is 4.74 Å². The van der Waals surface area contributed by atoms with Crippen molar-refractivity contribution in [2.24, 2.45) is 0 Å². The summed E-state index contributed by atoms with van der Waals surface area (Å²) in [5.41, 5.74) is 3.48. The van der Waals surface area contributed by atoms with E-state index in [9.17, 15) is 4.79 Å². The fourth-order valence-corrected chi connectivity index (χ4v) is 1.29. The minimum Gasteiger partial charge on any atom is -0.466 e. The highest BCUT2D eigenvalue weighted by Crippen LogP contribution is 2.10. The van der Waals surface area contributed by atoms with Gasteiger partial charge < -0.3 is 4.74 Å². The number of ether oxygens (including phenoxy) is 1. The monoisotopic (exact) mass is 192 g/mol. The van der Waals surface area contributed by atoms with E-state index in [2.05, 4.69) is 6.92 Å². The van der Waals surface area contributed by atoms with Crippen LogP contribution in [0.4, 0.5) is 0 Å². The standard InChI is InChI=1S/C12H16O2/c1-4-14-12(13)8-11-6-5-9(2)10(3)7-11/h5-7H,4,8H2,1-3H3. The van der Waals surface area contributed by atoms with E-state index in [1.165, 1.54) is 11.1 Å². The number of rotatable bonds is 3. The van der Waals surface area contributed by atoms with Crippen LogP contribution in [-0.2, 0) is 16.0 Å². The Balaban J connectivity index is 2.68. The maximum absolute atomic E-state index is 11.2. The largest absolute Gasteiger partial charge is 0.466 e. The Labute approximate surface area is 84.9 Å². The molecule has 2 nitrogen and oxygen atoms in total. The molecular weight excluding hydrogens is 176 g/mol. The quantitative estimate of drug-likeness (QED) is 0.687. The second-order valence-corrected chi connectivity index (χ2v) is 3.40. The van der Waals surface area contributed by atoms with E-state index >= 15 is 0 Å². The number of esters is 1. The normalized spacial score (nSPS) is 9.93. The lowest BCUT2D eigenvalue weighted by molar-refractivity contribution is -0.142. The Hall–Kier alpha value is -1.31. The number of carbonyl (C=O) groups excluding carboxylic acids is 1. The van der Waals surface area contributed by atoms with Gasteiger partial charge in [-0.15, -0.1) is 0 Å². The third-order valence-electron chi connectivity index (χ3n) is 2.23. The summed E-state index contributed by atoms with van der Waals surface area (Å²) in [6.07, 6.45) is 0.370. The Kier molecular flexibility index (Phi) is 3.69. The first-order chi connectivity index (χ1) is 6.63. The Bertz CT molecular complexity index is 329. The van der Waals surface area contributed by atoms with Crippen molar-refractivity contribution >= 4 is 5.97 Å². The number of hydrogen-bond donors (Lipinski definition) is 0. The summed E-state index contributed by atoms with van der Waals surface area (Å²) in [5.74, 6) is -0.157. The maximum atomic E-state index is 11.2. The molecule has 0 radical (unpaired) electrons. The van der Waals surface area contributed by atoms with E-state index in [-0.39, 0.29) is 5.97 Å². The first-order valence-corrected chi connectivity index (χ1v) is 4.85. The van der Waals surface area contributed by atoms with E-state index in [0.717, 1.165) is 5.56 Å². The fraction of sp³-hybridized carbons (Fsp3) is 0.417. The molecule has 76 valence electrons. The van der Waals surface area contributed by atoms with E-state index < -0.39 is 0 Å². The van der Waals surface area contributed by atoms with Crippen LogP contribution in [0.15, 0.2) is 18.2 Å². The van der Waals surface area contributed by atoms with Crippen molar-refractivity contribution < 1.29 is 9.53 Å². The van der Waals surface area contributed by atoms with Crippen LogP contribution in [0, 0.1) is 13.8 Å². The average molecular weight is 192 g/mol. The van der Waals surface area contributed by atoms with Gasteiger partial charge in [-0.05, 0) is 37.5 Å². The summed E-state index contributed by atoms with van der Waals surface area (Å²) < 4.78 is 4.88. The van der Waals surface area contributed by atoms with E-state index in [0.29, 0.717) is 13.0 Å². The highest BCUT2D eigenvalue weighted by atomic mass is 16.5. The van der Waals surface area contributed by atoms with E-state index in [1.807, 2.05) is 32.0 Å². The number of hydrogen-bond acceptors (Lipinski definition) is 2. The Morgan fingerprint density at radius 1 is 1.29 bits per heavy atom. The predicted molar refractivity (Wildman–Crippen MR) is 56.3 cm³/mol. The van der Waals surface area contributed by atoms with Gasteiger partial charge in [0.25, 0.3) is 0 Å². The van der Waals surface area contributed by atoms with Crippen molar-refractivity contribution in [2.75, 3.05) is 6.61 Å². The first kappa shape index (κ1) is 10.8. The van der Waals surface area contributed by atoms with Gasteiger partial charge in [0.05, 0.1) is 13.0 Å². The molecule has 0 atom stereocenters. The van der Waals surface area contributed by atoms with Crippen LogP contribution in [0.3, 0.4) is 0 Å². The van der Waals surface area contributed by atoms with Gasteiger partial charge in [0.1, 0.15) is 0 Å². The summed E-state index contributed by atoms with van der Waals surface area (Å²) in [5, 5.41) is 0. The van der Waals surface area contributed by atoms with Gasteiger partial charge in [-0.25, -0.2) is 0 Å². The summed E-state index contributed by atoms with van der Waals surface area (Å²) in [4.78, 5) is 11.2. The zero-order valence-electron chi connectivity index (χ0n) is 8.96. The Morgan fingerprint density at radius 3 is 2.57 bits per heavy atom. The topological polar surface area (TPSA) is 26.3 Å². The van der Waals surface area contributed by atoms with Gasteiger partial charge in [-0.3, -0.25) is 4.79 Å². The smallest absolute Gasteiger partial charge is 0.310 e. The molecule has 0 spiro atoms. The molecule has 1 aromatic rings. The molecule has 0 amide bonds. The molecule has 2 heteroatoms. The summed E-state index contributed by atoms with van der Waals surface area (Å²) >= 11 is 0. The van der Waals surface area contributed by atoms with Crippen LogP contribution in [0.2, 0.25) is 0 Å². The third-order valence-corrected chi connectivity index (χ3v) is 2.23. The second-order valence-electron chi connectivity index (χ2n) is 3.40. The molecule has 1 rings (SSSR count). The van der Waals surface area contributed by atoms with Crippen molar-refractivity contribution in [3.8, 4) is 0 Å². The van der Waals surface area contributed by atoms with Crippen molar-refractivity contribution in [3.63, 3.8) is 0 Å². The highest BCUT2D eigenvalue weighted by Gasteiger charge is 2.04. The second kappa shape index (κ2) is 4.80. The van der Waals surface area contributed by atoms with Crippen LogP contribution in [0.1, 0.15) is 23.6 Å². The highest BCUT2D eigenvalue weighted by molar-refractivity contribution is 5.72. The molecule has 0 unspecified atom stereocenters. The molecular formula is C12H16O2. The van der Waals surface area contributed by atoms with Crippen molar-refractivity contribution in [3.05, 3.63) is 34.9 Å². The molecule has 0 bridgehead atoms. The van der Waals surface area contributed by atoms with Gasteiger partial charge >= 0.3 is 5.97 Å². The molecule has 0 saturated carbocycles. The summed E-state index contributed by atoms with van der Waals surface area (Å²) in [6, 6.07) is 6.04. The lowest BCUT2D eigenvalue weighted by atomic mass is 10.0. The average Bonchev–Trinajstić information content (AvgIpc) is 2.12. The van der Waals surface area contributed by atoms with Crippen LogP contribution < -0.4 is 0 Å². The molecule has 0 heterocycles. The molecule has 0 saturated heterocycles. The molecule has 0 aliphatic rings. The van der Waals surface area contributed by atoms with Crippen molar-refractivity contribution in [2.45, 2.75) is 27.2 Å². The molecule has 1 aromatic carbocycles. The number of benzene rings is 1. The van der Waals surface area contributed by atoms with Crippen LogP contribution in [0.5, 0.6) is 0 Å². The Morgan fingerprint density at radius 2 is 2.00 bits per heavy atom. The van der Waals surface area contributed by atoms with Crippen molar-refractivity contribution in [1.82, 2.24) is 0 Å². The maximum Gasteiger partial charge on any atom is 0.310 e. The summed E-state index contributed by atoms with van der Waals surface area (Å²) in [6.45, 7) is 6.37. The van der Waals surface area contributed by atoms with Crippen LogP contribution in [0.25, 0.3) is 0 Å². The minimum atomic E-state index is -0.157. The fourth-order valence-electron chi connectivity index (χ4n) is 1.29. The van der Waals surface area contributed by atoms with Crippen molar-refractivity contribution in [1.29, 1.82) is 0 Å². The van der Waals surface area contributed by atoms with Gasteiger partial charge in [-0.1, -0.05) is 18.2 Å². The lowest BCUT2D eigenvalue weighted by Crippen LogP contribution is -2.07. The SMILES string of the molecule is CCOC(=O)Cc1ccc(C)c(C)c1. The molecule has 0 N–H and O–H groups in total. The minimum absolute atomic E-state index is 0.157. The van der Waals surface area contributed by atoms with Gasteiger partial charge in [0, 0.05) is 0 Å². The predicted octanol–water partition coefficient (Wildman–Crippen LogP) is 2.41. The van der Waals surface area contributed by atoms with Crippen LogP contribution >= 0.6 is 0 Å². The summed E-state index contributed by atoms with van der Waals surface area (Å²) in [7, 11) is 0. The third kappa shape index (κ3) is 2.87. The molecule has 0 aliphatic carbocycles. The zero-order chi connectivity index (χ0) is 10.6. The molecule has 0 aromatic heterocycles. The van der Waals surface area contributed by atoms with Gasteiger partial charge in [0.2, 0.25) is 0 Å². The zero-order valence-corrected chi connectivity index (χ0v) is 8.96. The van der Waals surface area contributed by atoms with Gasteiger partial charge in [-0.2, -0.15) is 0 Å². The molecule has 0 aliphatic heterocycles. The molecule has 0 fully saturated rings. The van der Waals surface area contributed by atoms with Crippen LogP contribution in [-0.4, -0.2) is 12.6 Å². The van der Waals surface area contributed by atoms with E-state index in [1.54, 1.807) is 0 Å². The lowest BCUT2D eigenvalue weighted by Gasteiger charge is -2.04. The molecule has 14 heavy (non-hydrogen) atoms. The number of carbonyl (C=O) groups is 1.